The van der Waals surface area contributed by atoms with Crippen molar-refractivity contribution in [2.45, 2.75) is 6.18 Å². The van der Waals surface area contributed by atoms with Crippen LogP contribution in [0.2, 0.25) is 0 Å². The van der Waals surface area contributed by atoms with Gasteiger partial charge in [-0.2, -0.15) is 13.2 Å². The lowest BCUT2D eigenvalue weighted by atomic mass is 10.1. The normalized spacial score (nSPS) is 11.2. The lowest BCUT2D eigenvalue weighted by Gasteiger charge is -2.12. The molecule has 2 aromatic rings. The quantitative estimate of drug-likeness (QED) is 0.661. The molecule has 0 saturated carbocycles. The molecule has 0 spiro atoms. The van der Waals surface area contributed by atoms with E-state index < -0.39 is 29.2 Å². The molecular weight excluding hydrogens is 290 g/mol. The van der Waals surface area contributed by atoms with Gasteiger partial charge in [-0.3, -0.25) is 4.79 Å². The number of halogens is 4. The molecule has 0 aliphatic rings. The largest absolute Gasteiger partial charge is 0.418 e. The minimum atomic E-state index is -4.63. The number of benzene rings is 1. The van der Waals surface area contributed by atoms with Gasteiger partial charge in [-0.1, -0.05) is 0 Å². The van der Waals surface area contributed by atoms with Crippen molar-refractivity contribution in [1.29, 1.82) is 0 Å². The highest BCUT2D eigenvalue weighted by Gasteiger charge is 2.33. The number of alkyl halides is 3. The molecule has 0 radical (unpaired) electrons. The van der Waals surface area contributed by atoms with Crippen LogP contribution in [-0.2, 0) is 6.18 Å². The predicted octanol–water partition coefficient (Wildman–Crippen LogP) is 3.07. The third-order valence-corrected chi connectivity index (χ3v) is 2.58. The van der Waals surface area contributed by atoms with Crippen molar-refractivity contribution >= 4 is 17.3 Å². The third kappa shape index (κ3) is 3.47. The van der Waals surface area contributed by atoms with Crippen molar-refractivity contribution in [3.05, 3.63) is 53.6 Å². The molecule has 4 nitrogen and oxygen atoms in total. The molecule has 0 unspecified atom stereocenters. The Balaban J connectivity index is 2.24. The lowest BCUT2D eigenvalue weighted by Crippen LogP contribution is -2.15. The fraction of sp³-hybridized carbons (Fsp3) is 0.0769. The molecule has 2 rings (SSSR count). The third-order valence-electron chi connectivity index (χ3n) is 2.58. The van der Waals surface area contributed by atoms with Crippen LogP contribution in [0.15, 0.2) is 36.5 Å². The summed E-state index contributed by atoms with van der Waals surface area (Å²) in [4.78, 5) is 15.3. The van der Waals surface area contributed by atoms with Crippen molar-refractivity contribution in [1.82, 2.24) is 4.98 Å². The van der Waals surface area contributed by atoms with Crippen LogP contribution in [0.4, 0.5) is 28.9 Å². The van der Waals surface area contributed by atoms with E-state index in [0.717, 1.165) is 30.5 Å². The zero-order valence-corrected chi connectivity index (χ0v) is 10.4. The number of pyridine rings is 1. The maximum Gasteiger partial charge on any atom is 0.418 e. The topological polar surface area (TPSA) is 68.0 Å². The number of aromatic nitrogens is 1. The Kier molecular flexibility index (Phi) is 3.79. The maximum absolute atomic E-state index is 12.7. The Hall–Kier alpha value is -2.64. The minimum Gasteiger partial charge on any atom is -0.398 e. The summed E-state index contributed by atoms with van der Waals surface area (Å²) < 4.78 is 50.7. The lowest BCUT2D eigenvalue weighted by molar-refractivity contribution is -0.136. The average Bonchev–Trinajstić information content (AvgIpc) is 2.40. The molecule has 0 aliphatic heterocycles. The molecule has 3 N–H and O–H groups in total. The van der Waals surface area contributed by atoms with E-state index in [0.29, 0.717) is 0 Å². The van der Waals surface area contributed by atoms with E-state index >= 15 is 0 Å². The van der Waals surface area contributed by atoms with Crippen molar-refractivity contribution in [2.24, 2.45) is 0 Å². The molecule has 1 aromatic heterocycles. The zero-order valence-electron chi connectivity index (χ0n) is 10.4. The van der Waals surface area contributed by atoms with E-state index in [4.69, 9.17) is 5.73 Å². The fourth-order valence-corrected chi connectivity index (χ4v) is 1.58. The molecule has 0 atom stereocenters. The van der Waals surface area contributed by atoms with Crippen LogP contribution < -0.4 is 11.1 Å². The fourth-order valence-electron chi connectivity index (χ4n) is 1.58. The van der Waals surface area contributed by atoms with E-state index in [1.54, 1.807) is 0 Å². The monoisotopic (exact) mass is 299 g/mol. The maximum atomic E-state index is 12.7. The molecular formula is C13H9F4N3O. The molecule has 0 saturated heterocycles. The Labute approximate surface area is 116 Å². The SMILES string of the molecule is Nc1ccc(NC(=O)c2ccc(F)cn2)cc1C(F)(F)F. The van der Waals surface area contributed by atoms with Crippen LogP contribution in [0.5, 0.6) is 0 Å². The molecule has 1 heterocycles. The summed E-state index contributed by atoms with van der Waals surface area (Å²) >= 11 is 0. The standard InChI is InChI=1S/C13H9F4N3O/c14-7-1-4-11(19-6-7)12(21)20-8-2-3-10(18)9(5-8)13(15,16)17/h1-6H,18H2,(H,20,21). The number of hydrogen-bond donors (Lipinski definition) is 2. The zero-order chi connectivity index (χ0) is 15.6. The molecule has 0 fully saturated rings. The van der Waals surface area contributed by atoms with Gasteiger partial charge in [-0.05, 0) is 30.3 Å². The Morgan fingerprint density at radius 2 is 1.90 bits per heavy atom. The van der Waals surface area contributed by atoms with Crippen molar-refractivity contribution < 1.29 is 22.4 Å². The first-order chi connectivity index (χ1) is 9.77. The number of nitrogens with one attached hydrogen (secondary N) is 1. The summed E-state index contributed by atoms with van der Waals surface area (Å²) in [6.45, 7) is 0. The van der Waals surface area contributed by atoms with Gasteiger partial charge in [-0.25, -0.2) is 9.37 Å². The molecule has 0 aliphatic carbocycles. The summed E-state index contributed by atoms with van der Waals surface area (Å²) in [5.41, 5.74) is 3.54. The van der Waals surface area contributed by atoms with Gasteiger partial charge in [0.2, 0.25) is 0 Å². The number of nitrogen functional groups attached to an aromatic ring is 1. The second-order valence-corrected chi connectivity index (χ2v) is 4.12. The van der Waals surface area contributed by atoms with E-state index in [1.807, 2.05) is 0 Å². The van der Waals surface area contributed by atoms with Gasteiger partial charge >= 0.3 is 6.18 Å². The second kappa shape index (κ2) is 5.39. The van der Waals surface area contributed by atoms with Gasteiger partial charge in [0.25, 0.3) is 5.91 Å². The molecule has 21 heavy (non-hydrogen) atoms. The van der Waals surface area contributed by atoms with Crippen LogP contribution in [0.1, 0.15) is 16.1 Å². The van der Waals surface area contributed by atoms with Gasteiger partial charge in [0.1, 0.15) is 11.5 Å². The summed E-state index contributed by atoms with van der Waals surface area (Å²) in [7, 11) is 0. The minimum absolute atomic E-state index is 0.0901. The average molecular weight is 299 g/mol. The number of rotatable bonds is 2. The molecule has 8 heteroatoms. The van der Waals surface area contributed by atoms with Gasteiger partial charge < -0.3 is 11.1 Å². The number of anilines is 2. The number of nitrogens with two attached hydrogens (primary N) is 1. The van der Waals surface area contributed by atoms with Crippen LogP contribution >= 0.6 is 0 Å². The first-order valence-electron chi connectivity index (χ1n) is 5.67. The summed E-state index contributed by atoms with van der Waals surface area (Å²) in [5, 5.41) is 2.24. The Bertz CT molecular complexity index is 668. The molecule has 1 amide bonds. The number of amides is 1. The smallest absolute Gasteiger partial charge is 0.398 e. The first-order valence-corrected chi connectivity index (χ1v) is 5.67. The number of carbonyl (C=O) groups excluding carboxylic acids is 1. The van der Waals surface area contributed by atoms with E-state index in [1.165, 1.54) is 6.07 Å². The van der Waals surface area contributed by atoms with Gasteiger partial charge in [0.05, 0.1) is 11.8 Å². The van der Waals surface area contributed by atoms with Gasteiger partial charge in [0.15, 0.2) is 0 Å². The molecule has 1 aromatic carbocycles. The molecule has 110 valence electrons. The van der Waals surface area contributed by atoms with Crippen LogP contribution in [-0.4, -0.2) is 10.9 Å². The highest BCUT2D eigenvalue weighted by atomic mass is 19.4. The Morgan fingerprint density at radius 1 is 1.19 bits per heavy atom. The first kappa shape index (κ1) is 14.8. The van der Waals surface area contributed by atoms with E-state index in [-0.39, 0.29) is 11.4 Å². The molecule has 0 bridgehead atoms. The summed E-state index contributed by atoms with van der Waals surface area (Å²) in [6.07, 6.45) is -3.79. The highest BCUT2D eigenvalue weighted by Crippen LogP contribution is 2.35. The van der Waals surface area contributed by atoms with Crippen LogP contribution in [0.25, 0.3) is 0 Å². The van der Waals surface area contributed by atoms with Crippen LogP contribution in [0, 0.1) is 5.82 Å². The number of hydrogen-bond acceptors (Lipinski definition) is 3. The number of nitrogens with zero attached hydrogens (tertiary/aromatic N) is 1. The summed E-state index contributed by atoms with van der Waals surface area (Å²) in [6, 6.07) is 5.12. The summed E-state index contributed by atoms with van der Waals surface area (Å²) in [5.74, 6) is -1.38. The second-order valence-electron chi connectivity index (χ2n) is 4.12. The number of carbonyl (C=O) groups is 1. The van der Waals surface area contributed by atoms with E-state index in [9.17, 15) is 22.4 Å². The van der Waals surface area contributed by atoms with Crippen molar-refractivity contribution in [2.75, 3.05) is 11.1 Å². The highest BCUT2D eigenvalue weighted by molar-refractivity contribution is 6.02. The van der Waals surface area contributed by atoms with Crippen LogP contribution in [0.3, 0.4) is 0 Å². The van der Waals surface area contributed by atoms with E-state index in [2.05, 4.69) is 10.3 Å². The van der Waals surface area contributed by atoms with Crippen molar-refractivity contribution in [3.63, 3.8) is 0 Å². The van der Waals surface area contributed by atoms with Crippen molar-refractivity contribution in [3.8, 4) is 0 Å². The Morgan fingerprint density at radius 3 is 2.48 bits per heavy atom. The van der Waals surface area contributed by atoms with Gasteiger partial charge in [0, 0.05) is 11.4 Å². The predicted molar refractivity (Wildman–Crippen MR) is 68.0 cm³/mol. The van der Waals surface area contributed by atoms with Gasteiger partial charge in [-0.15, -0.1) is 0 Å².